The summed E-state index contributed by atoms with van der Waals surface area (Å²) in [5, 5.41) is 8.13. The first-order valence-electron chi connectivity index (χ1n) is 9.16. The van der Waals surface area contributed by atoms with Crippen LogP contribution >= 0.6 is 0 Å². The Kier molecular flexibility index (Phi) is 4.04. The Bertz CT molecular complexity index is 726. The molecule has 2 aliphatic heterocycles. The second-order valence-corrected chi connectivity index (χ2v) is 7.28. The third kappa shape index (κ3) is 2.61. The summed E-state index contributed by atoms with van der Waals surface area (Å²) in [7, 11) is 0. The Balaban J connectivity index is 1.61. The van der Waals surface area contributed by atoms with E-state index < -0.39 is 0 Å². The summed E-state index contributed by atoms with van der Waals surface area (Å²) in [6.45, 7) is 5.15. The number of nitrogens with zero attached hydrogens (tertiary/aromatic N) is 3. The van der Waals surface area contributed by atoms with Crippen LogP contribution in [0.2, 0.25) is 0 Å². The lowest BCUT2D eigenvalue weighted by molar-refractivity contribution is -0.117. The highest BCUT2D eigenvalue weighted by atomic mass is 16.2. The molecule has 3 heterocycles. The Labute approximate surface area is 143 Å². The molecule has 1 N–H and O–H groups in total. The van der Waals surface area contributed by atoms with E-state index in [4.69, 9.17) is 0 Å². The number of aromatic nitrogens is 2. The topological polar surface area (TPSA) is 52.2 Å². The van der Waals surface area contributed by atoms with Gasteiger partial charge in [-0.1, -0.05) is 6.92 Å². The van der Waals surface area contributed by atoms with E-state index in [1.165, 1.54) is 25.8 Å². The molecule has 1 amide bonds. The van der Waals surface area contributed by atoms with Crippen molar-refractivity contribution in [2.75, 3.05) is 11.4 Å². The van der Waals surface area contributed by atoms with Gasteiger partial charge in [0.1, 0.15) is 0 Å². The lowest BCUT2D eigenvalue weighted by Gasteiger charge is -2.43. The van der Waals surface area contributed by atoms with Crippen molar-refractivity contribution < 1.29 is 4.79 Å². The molecular weight excluding hydrogens is 300 g/mol. The maximum Gasteiger partial charge on any atom is 0.224 e. The molecule has 2 aromatic rings. The fourth-order valence-corrected chi connectivity index (χ4v) is 4.81. The molecule has 2 unspecified atom stereocenters. The highest BCUT2D eigenvalue weighted by Crippen LogP contribution is 2.39. The second kappa shape index (κ2) is 6.20. The number of anilines is 1. The zero-order valence-electron chi connectivity index (χ0n) is 14.5. The molecular formula is C19H26N4O. The summed E-state index contributed by atoms with van der Waals surface area (Å²) >= 11 is 0. The summed E-state index contributed by atoms with van der Waals surface area (Å²) in [6.07, 6.45) is 7.80. The van der Waals surface area contributed by atoms with Gasteiger partial charge in [0.15, 0.2) is 0 Å². The van der Waals surface area contributed by atoms with Crippen LogP contribution in [0.25, 0.3) is 10.9 Å². The second-order valence-electron chi connectivity index (χ2n) is 7.28. The van der Waals surface area contributed by atoms with E-state index in [0.29, 0.717) is 18.1 Å². The normalized spacial score (nSPS) is 26.8. The van der Waals surface area contributed by atoms with Crippen LogP contribution in [0.4, 0.5) is 5.69 Å². The standard InChI is InChI=1S/C19H26N4O/c1-3-8-22-15-4-5-16(22)11-18(10-15)23(13(2)24)17-6-7-19-14(9-17)12-20-21-19/h6-7,9,12,15-16,18H,3-5,8,10-11H2,1-2H3,(H,20,21). The molecule has 24 heavy (non-hydrogen) atoms. The number of rotatable bonds is 4. The van der Waals surface area contributed by atoms with Crippen LogP contribution in [0.3, 0.4) is 0 Å². The first kappa shape index (κ1) is 15.6. The van der Waals surface area contributed by atoms with Gasteiger partial charge in [0, 0.05) is 36.1 Å². The van der Waals surface area contributed by atoms with Crippen molar-refractivity contribution in [3.8, 4) is 0 Å². The van der Waals surface area contributed by atoms with E-state index in [1.54, 1.807) is 6.92 Å². The minimum absolute atomic E-state index is 0.145. The maximum absolute atomic E-state index is 12.4. The largest absolute Gasteiger partial charge is 0.309 e. The molecule has 2 saturated heterocycles. The Morgan fingerprint density at radius 1 is 1.33 bits per heavy atom. The molecule has 4 rings (SSSR count). The summed E-state index contributed by atoms with van der Waals surface area (Å²) in [4.78, 5) is 17.2. The fraction of sp³-hybridized carbons (Fsp3) is 0.579. The number of piperidine rings is 1. The van der Waals surface area contributed by atoms with Gasteiger partial charge in [-0.15, -0.1) is 0 Å². The number of carbonyl (C=O) groups excluding carboxylic acids is 1. The number of fused-ring (bicyclic) bond motifs is 3. The molecule has 2 fully saturated rings. The van der Waals surface area contributed by atoms with Gasteiger partial charge in [-0.05, 0) is 56.8 Å². The summed E-state index contributed by atoms with van der Waals surface area (Å²) < 4.78 is 0. The van der Waals surface area contributed by atoms with E-state index in [2.05, 4.69) is 28.1 Å². The molecule has 0 spiro atoms. The van der Waals surface area contributed by atoms with Crippen molar-refractivity contribution in [3.63, 3.8) is 0 Å². The molecule has 5 heteroatoms. The highest BCUT2D eigenvalue weighted by Gasteiger charge is 2.42. The highest BCUT2D eigenvalue weighted by molar-refractivity contribution is 5.95. The molecule has 2 atom stereocenters. The van der Waals surface area contributed by atoms with Gasteiger partial charge in [-0.25, -0.2) is 0 Å². The van der Waals surface area contributed by atoms with Crippen molar-refractivity contribution in [2.24, 2.45) is 0 Å². The molecule has 5 nitrogen and oxygen atoms in total. The van der Waals surface area contributed by atoms with Gasteiger partial charge in [-0.3, -0.25) is 14.8 Å². The monoisotopic (exact) mass is 326 g/mol. The zero-order chi connectivity index (χ0) is 16.7. The minimum Gasteiger partial charge on any atom is -0.309 e. The number of benzene rings is 1. The summed E-state index contributed by atoms with van der Waals surface area (Å²) in [5.74, 6) is 0.145. The van der Waals surface area contributed by atoms with Crippen LogP contribution in [0.5, 0.6) is 0 Å². The van der Waals surface area contributed by atoms with Gasteiger partial charge in [0.05, 0.1) is 11.7 Å². The summed E-state index contributed by atoms with van der Waals surface area (Å²) in [5.41, 5.74) is 2.02. The van der Waals surface area contributed by atoms with E-state index >= 15 is 0 Å². The number of H-pyrrole nitrogens is 1. The van der Waals surface area contributed by atoms with Gasteiger partial charge in [0.25, 0.3) is 0 Å². The van der Waals surface area contributed by atoms with Gasteiger partial charge in [0.2, 0.25) is 5.91 Å². The van der Waals surface area contributed by atoms with Crippen LogP contribution in [-0.2, 0) is 4.79 Å². The molecule has 2 aliphatic rings. The van der Waals surface area contributed by atoms with E-state index in [1.807, 2.05) is 23.2 Å². The molecule has 0 aliphatic carbocycles. The van der Waals surface area contributed by atoms with Gasteiger partial charge >= 0.3 is 0 Å². The Hall–Kier alpha value is -1.88. The fourth-order valence-electron chi connectivity index (χ4n) is 4.81. The molecule has 1 aromatic carbocycles. The van der Waals surface area contributed by atoms with Crippen LogP contribution in [-0.4, -0.2) is 45.7 Å². The van der Waals surface area contributed by atoms with Crippen LogP contribution < -0.4 is 4.90 Å². The molecule has 128 valence electrons. The number of nitrogens with one attached hydrogen (secondary N) is 1. The maximum atomic E-state index is 12.4. The van der Waals surface area contributed by atoms with E-state index in [0.717, 1.165) is 29.4 Å². The number of amides is 1. The molecule has 0 saturated carbocycles. The molecule has 0 radical (unpaired) electrons. The Morgan fingerprint density at radius 2 is 2.08 bits per heavy atom. The molecule has 2 bridgehead atoms. The average Bonchev–Trinajstić information content (AvgIpc) is 3.10. The van der Waals surface area contributed by atoms with E-state index in [-0.39, 0.29) is 5.91 Å². The first-order valence-corrected chi connectivity index (χ1v) is 9.16. The van der Waals surface area contributed by atoms with Crippen molar-refractivity contribution in [1.29, 1.82) is 0 Å². The number of aromatic amines is 1. The predicted molar refractivity (Wildman–Crippen MR) is 96.1 cm³/mol. The number of carbonyl (C=O) groups is 1. The van der Waals surface area contributed by atoms with Crippen LogP contribution in [0.15, 0.2) is 24.4 Å². The SMILES string of the molecule is CCCN1C2CCC1CC(N(C(C)=O)c1ccc3[nH]ncc3c1)C2. The van der Waals surface area contributed by atoms with Crippen molar-refractivity contribution >= 4 is 22.5 Å². The van der Waals surface area contributed by atoms with Gasteiger partial charge < -0.3 is 4.90 Å². The first-order chi connectivity index (χ1) is 11.7. The van der Waals surface area contributed by atoms with E-state index in [9.17, 15) is 4.79 Å². The lowest BCUT2D eigenvalue weighted by Crippen LogP contribution is -2.52. The zero-order valence-corrected chi connectivity index (χ0v) is 14.5. The van der Waals surface area contributed by atoms with Crippen molar-refractivity contribution in [2.45, 2.75) is 64.1 Å². The quantitative estimate of drug-likeness (QED) is 0.938. The number of hydrogen-bond donors (Lipinski definition) is 1. The van der Waals surface area contributed by atoms with Crippen LogP contribution in [0, 0.1) is 0 Å². The third-order valence-electron chi connectivity index (χ3n) is 5.75. The average molecular weight is 326 g/mol. The smallest absolute Gasteiger partial charge is 0.224 e. The summed E-state index contributed by atoms with van der Waals surface area (Å²) in [6, 6.07) is 7.76. The number of hydrogen-bond acceptors (Lipinski definition) is 3. The Morgan fingerprint density at radius 3 is 2.75 bits per heavy atom. The van der Waals surface area contributed by atoms with Gasteiger partial charge in [-0.2, -0.15) is 5.10 Å². The van der Waals surface area contributed by atoms with Crippen molar-refractivity contribution in [1.82, 2.24) is 15.1 Å². The van der Waals surface area contributed by atoms with Crippen molar-refractivity contribution in [3.05, 3.63) is 24.4 Å². The minimum atomic E-state index is 0.145. The lowest BCUT2D eigenvalue weighted by atomic mass is 9.95. The molecule has 1 aromatic heterocycles. The predicted octanol–water partition coefficient (Wildman–Crippen LogP) is 3.32. The van der Waals surface area contributed by atoms with Crippen LogP contribution in [0.1, 0.15) is 46.0 Å². The third-order valence-corrected chi connectivity index (χ3v) is 5.75.